The molecule has 1 N–H and O–H groups in total. The maximum absolute atomic E-state index is 13.6. The fourth-order valence-electron chi connectivity index (χ4n) is 3.47. The first-order valence-electron chi connectivity index (χ1n) is 11.2. The molecular formula is C25H34BrN3O4S. The number of anilines is 1. The number of hydrogen-bond acceptors (Lipinski definition) is 4. The Labute approximate surface area is 211 Å². The van der Waals surface area contributed by atoms with Crippen molar-refractivity contribution in [3.63, 3.8) is 0 Å². The van der Waals surface area contributed by atoms with Gasteiger partial charge in [-0.15, -0.1) is 0 Å². The van der Waals surface area contributed by atoms with Crippen LogP contribution in [0.5, 0.6) is 0 Å². The van der Waals surface area contributed by atoms with Crippen molar-refractivity contribution in [1.82, 2.24) is 10.2 Å². The number of sulfonamides is 1. The van der Waals surface area contributed by atoms with Crippen LogP contribution in [-0.4, -0.2) is 50.5 Å². The van der Waals surface area contributed by atoms with E-state index in [4.69, 9.17) is 0 Å². The van der Waals surface area contributed by atoms with Crippen LogP contribution in [0.2, 0.25) is 0 Å². The number of nitrogens with zero attached hydrogens (tertiary/aromatic N) is 2. The largest absolute Gasteiger partial charge is 0.354 e. The fraction of sp³-hybridized carbons (Fsp3) is 0.440. The Balaban J connectivity index is 2.41. The summed E-state index contributed by atoms with van der Waals surface area (Å²) in [5.41, 5.74) is 2.98. The molecule has 2 rings (SSSR count). The molecule has 0 aliphatic rings. The van der Waals surface area contributed by atoms with Gasteiger partial charge in [0, 0.05) is 17.6 Å². The summed E-state index contributed by atoms with van der Waals surface area (Å²) in [7, 11) is -3.76. The van der Waals surface area contributed by atoms with Crippen molar-refractivity contribution < 1.29 is 18.0 Å². The van der Waals surface area contributed by atoms with Crippen LogP contribution < -0.4 is 9.62 Å². The van der Waals surface area contributed by atoms with Crippen molar-refractivity contribution in [2.45, 2.75) is 47.2 Å². The van der Waals surface area contributed by atoms with Crippen LogP contribution in [0.1, 0.15) is 37.5 Å². The van der Waals surface area contributed by atoms with Gasteiger partial charge in [-0.05, 0) is 61.6 Å². The van der Waals surface area contributed by atoms with Crippen LogP contribution in [0.25, 0.3) is 0 Å². The van der Waals surface area contributed by atoms with Crippen molar-refractivity contribution in [2.24, 2.45) is 5.92 Å². The van der Waals surface area contributed by atoms with Crippen molar-refractivity contribution in [3.05, 3.63) is 63.6 Å². The molecule has 34 heavy (non-hydrogen) atoms. The quantitative estimate of drug-likeness (QED) is 0.483. The smallest absolute Gasteiger partial charge is 0.244 e. The topological polar surface area (TPSA) is 86.8 Å². The van der Waals surface area contributed by atoms with Gasteiger partial charge in [-0.2, -0.15) is 0 Å². The van der Waals surface area contributed by atoms with Crippen molar-refractivity contribution >= 4 is 43.5 Å². The molecule has 0 bridgehead atoms. The summed E-state index contributed by atoms with van der Waals surface area (Å²) >= 11 is 3.44. The average Bonchev–Trinajstić information content (AvgIpc) is 2.75. The summed E-state index contributed by atoms with van der Waals surface area (Å²) in [6, 6.07) is 12.0. The zero-order valence-electron chi connectivity index (χ0n) is 20.6. The van der Waals surface area contributed by atoms with Crippen molar-refractivity contribution in [1.29, 1.82) is 0 Å². The van der Waals surface area contributed by atoms with Gasteiger partial charge in [-0.25, -0.2) is 8.42 Å². The second-order valence-corrected chi connectivity index (χ2v) is 11.8. The molecular weight excluding hydrogens is 518 g/mol. The van der Waals surface area contributed by atoms with Crippen LogP contribution in [0.4, 0.5) is 5.69 Å². The number of carbonyl (C=O) groups excluding carboxylic acids is 2. The fourth-order valence-corrected chi connectivity index (χ4v) is 4.81. The molecule has 1 unspecified atom stereocenters. The standard InChI is InChI=1S/C25H34BrN3O4S/c1-17(2)14-27-25(31)20(5)28(15-21-10-8-11-22(26)13-21)24(30)16-29(34(6,32)33)23-12-7-9-18(3)19(23)4/h7-13,17,20H,14-16H2,1-6H3,(H,27,31). The molecule has 0 aliphatic heterocycles. The second-order valence-electron chi connectivity index (χ2n) is 8.96. The first kappa shape index (κ1) is 27.9. The zero-order valence-corrected chi connectivity index (χ0v) is 23.0. The molecule has 0 spiro atoms. The minimum atomic E-state index is -3.76. The number of amides is 2. The van der Waals surface area contributed by atoms with Gasteiger partial charge in [0.05, 0.1) is 11.9 Å². The molecule has 0 fully saturated rings. The van der Waals surface area contributed by atoms with Gasteiger partial charge in [0.25, 0.3) is 0 Å². The zero-order chi connectivity index (χ0) is 25.6. The highest BCUT2D eigenvalue weighted by Crippen LogP contribution is 2.25. The molecule has 2 aromatic rings. The van der Waals surface area contributed by atoms with E-state index in [1.807, 2.05) is 58.0 Å². The molecule has 0 radical (unpaired) electrons. The van der Waals surface area contributed by atoms with Crippen LogP contribution in [-0.2, 0) is 26.2 Å². The molecule has 0 heterocycles. The first-order chi connectivity index (χ1) is 15.8. The summed E-state index contributed by atoms with van der Waals surface area (Å²) in [5.74, 6) is -0.483. The lowest BCUT2D eigenvalue weighted by molar-refractivity contribution is -0.139. The van der Waals surface area contributed by atoms with Gasteiger partial charge in [0.1, 0.15) is 12.6 Å². The molecule has 0 aliphatic carbocycles. The van der Waals surface area contributed by atoms with Crippen molar-refractivity contribution in [2.75, 3.05) is 23.7 Å². The summed E-state index contributed by atoms with van der Waals surface area (Å²) in [6.45, 7) is 9.61. The van der Waals surface area contributed by atoms with Crippen LogP contribution >= 0.6 is 15.9 Å². The van der Waals surface area contributed by atoms with E-state index in [0.29, 0.717) is 12.2 Å². The van der Waals surface area contributed by atoms with E-state index in [9.17, 15) is 18.0 Å². The summed E-state index contributed by atoms with van der Waals surface area (Å²) in [6.07, 6.45) is 1.08. The Morgan fingerprint density at radius 2 is 1.71 bits per heavy atom. The lowest BCUT2D eigenvalue weighted by Gasteiger charge is -2.32. The predicted molar refractivity (Wildman–Crippen MR) is 140 cm³/mol. The van der Waals surface area contributed by atoms with E-state index in [1.165, 1.54) is 4.90 Å². The van der Waals surface area contributed by atoms with Gasteiger partial charge in [-0.1, -0.05) is 54.0 Å². The number of nitrogens with one attached hydrogen (secondary N) is 1. The maximum atomic E-state index is 13.6. The van der Waals surface area contributed by atoms with Crippen molar-refractivity contribution in [3.8, 4) is 0 Å². The van der Waals surface area contributed by atoms with Gasteiger partial charge >= 0.3 is 0 Å². The van der Waals surface area contributed by atoms with E-state index < -0.39 is 28.5 Å². The second kappa shape index (κ2) is 11.8. The predicted octanol–water partition coefficient (Wildman–Crippen LogP) is 4.02. The first-order valence-corrected chi connectivity index (χ1v) is 13.8. The highest BCUT2D eigenvalue weighted by Gasteiger charge is 2.30. The van der Waals surface area contributed by atoms with Crippen LogP contribution in [0, 0.1) is 19.8 Å². The molecule has 9 heteroatoms. The van der Waals surface area contributed by atoms with E-state index in [-0.39, 0.29) is 18.4 Å². The van der Waals surface area contributed by atoms with E-state index in [2.05, 4.69) is 21.2 Å². The Bertz CT molecular complexity index is 1130. The Hall–Kier alpha value is -2.39. The van der Waals surface area contributed by atoms with Gasteiger partial charge < -0.3 is 10.2 Å². The molecule has 2 aromatic carbocycles. The maximum Gasteiger partial charge on any atom is 0.244 e. The van der Waals surface area contributed by atoms with Crippen LogP contribution in [0.15, 0.2) is 46.9 Å². The molecule has 0 saturated carbocycles. The lowest BCUT2D eigenvalue weighted by Crippen LogP contribution is -2.51. The number of hydrogen-bond donors (Lipinski definition) is 1. The minimum absolute atomic E-state index is 0.166. The third-order valence-corrected chi connectivity index (χ3v) is 7.24. The SMILES string of the molecule is Cc1cccc(N(CC(=O)N(Cc2cccc(Br)c2)C(C)C(=O)NCC(C)C)S(C)(=O)=O)c1C. The van der Waals surface area contributed by atoms with E-state index >= 15 is 0 Å². The molecule has 0 aromatic heterocycles. The molecule has 7 nitrogen and oxygen atoms in total. The molecule has 1 atom stereocenters. The number of carbonyl (C=O) groups is 2. The molecule has 2 amide bonds. The molecule has 0 saturated heterocycles. The number of aryl methyl sites for hydroxylation is 1. The Morgan fingerprint density at radius 3 is 2.29 bits per heavy atom. The highest BCUT2D eigenvalue weighted by molar-refractivity contribution is 9.10. The highest BCUT2D eigenvalue weighted by atomic mass is 79.9. The summed E-state index contributed by atoms with van der Waals surface area (Å²) in [5, 5.41) is 2.87. The number of benzene rings is 2. The van der Waals surface area contributed by atoms with E-state index in [1.54, 1.807) is 19.1 Å². The third-order valence-electron chi connectivity index (χ3n) is 5.62. The van der Waals surface area contributed by atoms with Crippen LogP contribution in [0.3, 0.4) is 0 Å². The summed E-state index contributed by atoms with van der Waals surface area (Å²) < 4.78 is 27.4. The van der Waals surface area contributed by atoms with Gasteiger partial charge in [0.15, 0.2) is 0 Å². The lowest BCUT2D eigenvalue weighted by atomic mass is 10.1. The normalized spacial score (nSPS) is 12.4. The molecule has 186 valence electrons. The van der Waals surface area contributed by atoms with E-state index in [0.717, 1.165) is 31.7 Å². The minimum Gasteiger partial charge on any atom is -0.354 e. The monoisotopic (exact) mass is 551 g/mol. The number of halogens is 1. The van der Waals surface area contributed by atoms with Gasteiger partial charge in [0.2, 0.25) is 21.8 Å². The average molecular weight is 553 g/mol. The van der Waals surface area contributed by atoms with Gasteiger partial charge in [-0.3, -0.25) is 13.9 Å². The Kier molecular flexibility index (Phi) is 9.70. The third kappa shape index (κ3) is 7.56. The summed E-state index contributed by atoms with van der Waals surface area (Å²) in [4.78, 5) is 27.9. The Morgan fingerprint density at radius 1 is 1.06 bits per heavy atom. The number of rotatable bonds is 10.